The molecule has 0 aliphatic carbocycles. The zero-order valence-electron chi connectivity index (χ0n) is 23.5. The molecule has 0 fully saturated rings. The molecule has 13 heteroatoms. The van der Waals surface area contributed by atoms with Crippen molar-refractivity contribution in [1.82, 2.24) is 36.2 Å². The molecular formula is C26H37N7O6. The molecule has 2 aromatic rings. The predicted molar refractivity (Wildman–Crippen MR) is 145 cm³/mol. The molecule has 0 aromatic carbocycles. The molecule has 0 saturated heterocycles. The monoisotopic (exact) mass is 543 g/mol. The Morgan fingerprint density at radius 3 is 1.85 bits per heavy atom. The number of aryl methyl sites for hydroxylation is 2. The van der Waals surface area contributed by atoms with Crippen molar-refractivity contribution in [3.8, 4) is 5.69 Å². The Balaban J connectivity index is 0.000000495. The van der Waals surface area contributed by atoms with Crippen molar-refractivity contribution >= 4 is 30.1 Å². The summed E-state index contributed by atoms with van der Waals surface area (Å²) < 4.78 is 11.7. The average Bonchev–Trinajstić information content (AvgIpc) is 3.24. The maximum Gasteiger partial charge on any atom is 0.426 e. The minimum absolute atomic E-state index is 0.495. The summed E-state index contributed by atoms with van der Waals surface area (Å²) in [6.45, 7) is 17.4. The summed E-state index contributed by atoms with van der Waals surface area (Å²) in [5, 5.41) is 0. The van der Waals surface area contributed by atoms with E-state index in [1.54, 1.807) is 60.0 Å². The highest BCUT2D eigenvalue weighted by molar-refractivity contribution is 5.92. The minimum atomic E-state index is -0.729. The van der Waals surface area contributed by atoms with Crippen LogP contribution < -0.4 is 21.7 Å². The molecule has 4 amide bonds. The van der Waals surface area contributed by atoms with Gasteiger partial charge in [-0.05, 0) is 79.7 Å². The largest absolute Gasteiger partial charge is 0.443 e. The highest BCUT2D eigenvalue weighted by atomic mass is 16.6. The van der Waals surface area contributed by atoms with Crippen LogP contribution in [0.5, 0.6) is 0 Å². The fraction of sp³-hybridized carbons (Fsp3) is 0.385. The smallest absolute Gasteiger partial charge is 0.426 e. The Labute approximate surface area is 228 Å². The number of hydrogen-bond acceptors (Lipinski definition) is 8. The lowest BCUT2D eigenvalue weighted by atomic mass is 10.2. The number of carbonyl (C=O) groups is 4. The maximum atomic E-state index is 11.8. The van der Waals surface area contributed by atoms with E-state index in [2.05, 4.69) is 38.3 Å². The van der Waals surface area contributed by atoms with Crippen molar-refractivity contribution in [2.75, 3.05) is 0 Å². The van der Waals surface area contributed by atoms with Crippen molar-refractivity contribution in [2.45, 2.75) is 66.6 Å². The molecule has 0 aliphatic heterocycles. The third-order valence-electron chi connectivity index (χ3n) is 4.03. The summed E-state index contributed by atoms with van der Waals surface area (Å²) >= 11 is 0. The minimum Gasteiger partial charge on any atom is -0.443 e. The molecule has 4 N–H and O–H groups in total. The molecule has 0 spiro atoms. The zero-order valence-corrected chi connectivity index (χ0v) is 23.5. The summed E-state index contributed by atoms with van der Waals surface area (Å²) in [6, 6.07) is 3.70. The van der Waals surface area contributed by atoms with Crippen LogP contribution in [0.25, 0.3) is 11.8 Å². The maximum absolute atomic E-state index is 11.8. The predicted octanol–water partition coefficient (Wildman–Crippen LogP) is 3.18. The fourth-order valence-corrected chi connectivity index (χ4v) is 2.58. The van der Waals surface area contributed by atoms with Crippen molar-refractivity contribution in [2.24, 2.45) is 0 Å². The summed E-state index contributed by atoms with van der Waals surface area (Å²) in [4.78, 5) is 53.3. The summed E-state index contributed by atoms with van der Waals surface area (Å²) in [5.74, 6) is -0.990. The number of pyridine rings is 1. The molecule has 2 rings (SSSR count). The number of nitrogens with zero attached hydrogens (tertiary/aromatic N) is 3. The van der Waals surface area contributed by atoms with Gasteiger partial charge >= 0.3 is 12.2 Å². The van der Waals surface area contributed by atoms with E-state index >= 15 is 0 Å². The molecule has 0 radical (unpaired) electrons. The number of aromatic nitrogens is 3. The molecule has 13 nitrogen and oxygen atoms in total. The molecule has 0 saturated carbocycles. The first-order valence-corrected chi connectivity index (χ1v) is 11.9. The second-order valence-electron chi connectivity index (χ2n) is 10.0. The normalized spacial score (nSPS) is 11.0. The molecule has 0 bridgehead atoms. The summed E-state index contributed by atoms with van der Waals surface area (Å²) in [5.41, 5.74) is 10.6. The number of nitrogens with one attached hydrogen (secondary N) is 4. The van der Waals surface area contributed by atoms with Gasteiger partial charge in [-0.3, -0.25) is 25.4 Å². The molecule has 2 heterocycles. The molecule has 2 aromatic heterocycles. The topological polar surface area (TPSA) is 166 Å². The SMILES string of the molecule is C=CC(=O)NNC(=O)OC(C)(C)C.Cc1cn(-c2ccc(/C=C/C(=O)NNC(=O)OC(C)(C)C)nc2C)cn1. The van der Waals surface area contributed by atoms with Gasteiger partial charge in [0.15, 0.2) is 0 Å². The van der Waals surface area contributed by atoms with Crippen molar-refractivity contribution in [1.29, 1.82) is 0 Å². The lowest BCUT2D eigenvalue weighted by Crippen LogP contribution is -2.43. The summed E-state index contributed by atoms with van der Waals surface area (Å²) in [7, 11) is 0. The van der Waals surface area contributed by atoms with Gasteiger partial charge in [-0.25, -0.2) is 25.4 Å². The first-order valence-electron chi connectivity index (χ1n) is 11.9. The van der Waals surface area contributed by atoms with Crippen LogP contribution in [0, 0.1) is 13.8 Å². The van der Waals surface area contributed by atoms with Gasteiger partial charge in [0.05, 0.1) is 29.1 Å². The van der Waals surface area contributed by atoms with Gasteiger partial charge in [-0.1, -0.05) is 6.58 Å². The van der Waals surface area contributed by atoms with E-state index in [1.807, 2.05) is 30.7 Å². The molecule has 0 atom stereocenters. The number of hydrogen-bond donors (Lipinski definition) is 4. The van der Waals surface area contributed by atoms with Gasteiger partial charge in [-0.2, -0.15) is 0 Å². The Bertz CT molecular complexity index is 1210. The third-order valence-corrected chi connectivity index (χ3v) is 4.03. The Kier molecular flexibility index (Phi) is 11.9. The number of hydrazine groups is 2. The lowest BCUT2D eigenvalue weighted by molar-refractivity contribution is -0.118. The Hall–Kier alpha value is -4.68. The van der Waals surface area contributed by atoms with Gasteiger partial charge in [0.25, 0.3) is 11.8 Å². The van der Waals surface area contributed by atoms with Crippen LogP contribution in [0.3, 0.4) is 0 Å². The molecule has 39 heavy (non-hydrogen) atoms. The van der Waals surface area contributed by atoms with Gasteiger partial charge < -0.3 is 14.0 Å². The Morgan fingerprint density at radius 1 is 0.872 bits per heavy atom. The number of amides is 4. The average molecular weight is 544 g/mol. The van der Waals surface area contributed by atoms with Crippen LogP contribution >= 0.6 is 0 Å². The second kappa shape index (κ2) is 14.3. The first kappa shape index (κ1) is 32.3. The van der Waals surface area contributed by atoms with Crippen LogP contribution in [0.2, 0.25) is 0 Å². The van der Waals surface area contributed by atoms with Crippen molar-refractivity contribution in [3.05, 3.63) is 60.5 Å². The fourth-order valence-electron chi connectivity index (χ4n) is 2.58. The highest BCUT2D eigenvalue weighted by Crippen LogP contribution is 2.14. The van der Waals surface area contributed by atoms with Crippen molar-refractivity contribution in [3.63, 3.8) is 0 Å². The van der Waals surface area contributed by atoms with Crippen LogP contribution in [-0.4, -0.2) is 49.7 Å². The van der Waals surface area contributed by atoms with E-state index in [4.69, 9.17) is 9.47 Å². The van der Waals surface area contributed by atoms with Crippen molar-refractivity contribution < 1.29 is 28.7 Å². The van der Waals surface area contributed by atoms with E-state index in [0.717, 1.165) is 23.2 Å². The number of imidazole rings is 1. The van der Waals surface area contributed by atoms with Crippen LogP contribution in [0.4, 0.5) is 9.59 Å². The number of rotatable bonds is 4. The summed E-state index contributed by atoms with van der Waals surface area (Å²) in [6.07, 6.45) is 6.08. The molecular weight excluding hydrogens is 506 g/mol. The molecule has 0 aliphatic rings. The zero-order chi connectivity index (χ0) is 29.8. The van der Waals surface area contributed by atoms with Crippen LogP contribution in [0.1, 0.15) is 58.6 Å². The van der Waals surface area contributed by atoms with Gasteiger partial charge in [0.1, 0.15) is 11.2 Å². The quantitative estimate of drug-likeness (QED) is 0.337. The molecule has 212 valence electrons. The van der Waals surface area contributed by atoms with Crippen LogP contribution in [0.15, 0.2) is 43.4 Å². The number of carbonyl (C=O) groups excluding carboxylic acids is 4. The van der Waals surface area contributed by atoms with Crippen LogP contribution in [-0.2, 0) is 19.1 Å². The van der Waals surface area contributed by atoms with E-state index in [0.29, 0.717) is 5.69 Å². The van der Waals surface area contributed by atoms with E-state index in [9.17, 15) is 19.2 Å². The van der Waals surface area contributed by atoms with Gasteiger partial charge in [0, 0.05) is 12.3 Å². The van der Waals surface area contributed by atoms with E-state index in [-0.39, 0.29) is 0 Å². The second-order valence-corrected chi connectivity index (χ2v) is 10.0. The first-order chi connectivity index (χ1) is 18.0. The third kappa shape index (κ3) is 14.0. The number of ether oxygens (including phenoxy) is 2. The standard InChI is InChI=1S/C18H23N5O3.C8H14N2O3/c1-12-10-23(11-19-12)15-8-6-14(20-13(15)2)7-9-16(24)21-22-17(25)26-18(3,4)5;1-5-6(11)9-10-7(12)13-8(2,3)4/h6-11H,1-5H3,(H,21,24)(H,22,25);5H,1H2,2-4H3,(H,9,11)(H,10,12)/b9-7+;. The highest BCUT2D eigenvalue weighted by Gasteiger charge is 2.16. The van der Waals surface area contributed by atoms with Gasteiger partial charge in [0.2, 0.25) is 0 Å². The van der Waals surface area contributed by atoms with Gasteiger partial charge in [-0.15, -0.1) is 0 Å². The Morgan fingerprint density at radius 2 is 1.41 bits per heavy atom. The van der Waals surface area contributed by atoms with E-state index < -0.39 is 35.2 Å². The molecule has 0 unspecified atom stereocenters. The lowest BCUT2D eigenvalue weighted by Gasteiger charge is -2.19. The van der Waals surface area contributed by atoms with E-state index in [1.165, 1.54) is 6.08 Å².